The number of alkyl carbamates (subject to hydrolysis) is 1. The number of thioether (sulfide) groups is 1. The van der Waals surface area contributed by atoms with Crippen LogP contribution in [0, 0.1) is 19.3 Å². The van der Waals surface area contributed by atoms with Crippen molar-refractivity contribution in [1.29, 1.82) is 0 Å². The van der Waals surface area contributed by atoms with Gasteiger partial charge in [-0.2, -0.15) is 11.8 Å². The minimum Gasteiger partial charge on any atom is -0.444 e. The number of para-hydroxylation sites is 1. The number of carbonyl (C=O) groups is 3. The Bertz CT molecular complexity index is 1170. The fourth-order valence-corrected chi connectivity index (χ4v) is 4.50. The summed E-state index contributed by atoms with van der Waals surface area (Å²) in [6.45, 7) is 11.1. The lowest BCUT2D eigenvalue weighted by atomic mass is 9.98. The normalized spacial score (nSPS) is 13.4. The molecule has 0 saturated heterocycles. The first-order chi connectivity index (χ1) is 18.4. The zero-order valence-corrected chi connectivity index (χ0v) is 24.9. The van der Waals surface area contributed by atoms with Gasteiger partial charge in [-0.25, -0.2) is 4.79 Å². The van der Waals surface area contributed by atoms with Crippen LogP contribution in [0.15, 0.2) is 48.5 Å². The number of hydrogen-bond acceptors (Lipinski definition) is 5. The number of amides is 3. The van der Waals surface area contributed by atoms with Crippen LogP contribution in [-0.2, 0) is 14.3 Å². The third kappa shape index (κ3) is 9.36. The zero-order chi connectivity index (χ0) is 29.2. The van der Waals surface area contributed by atoms with Crippen molar-refractivity contribution in [3.8, 4) is 12.3 Å². The van der Waals surface area contributed by atoms with Crippen molar-refractivity contribution in [3.05, 3.63) is 65.2 Å². The second kappa shape index (κ2) is 14.6. The van der Waals surface area contributed by atoms with Gasteiger partial charge in [-0.1, -0.05) is 43.2 Å². The van der Waals surface area contributed by atoms with Gasteiger partial charge in [0.15, 0.2) is 0 Å². The highest BCUT2D eigenvalue weighted by Crippen LogP contribution is 2.29. The third-order valence-electron chi connectivity index (χ3n) is 6.24. The Labute approximate surface area is 237 Å². The highest BCUT2D eigenvalue weighted by Gasteiger charge is 2.38. The Morgan fingerprint density at radius 2 is 1.74 bits per heavy atom. The Hall–Kier alpha value is -3.44. The Kier molecular flexibility index (Phi) is 11.9. The molecule has 210 valence electrons. The molecule has 0 bridgehead atoms. The fourth-order valence-electron chi connectivity index (χ4n) is 4.03. The molecule has 2 aromatic carbocycles. The molecule has 0 saturated carbocycles. The summed E-state index contributed by atoms with van der Waals surface area (Å²) in [6, 6.07) is 12.4. The number of benzene rings is 2. The quantitative estimate of drug-likeness (QED) is 0.338. The first kappa shape index (κ1) is 31.8. The number of ether oxygens (including phenoxy) is 1. The average Bonchev–Trinajstić information content (AvgIpc) is 2.89. The molecule has 39 heavy (non-hydrogen) atoms. The standard InChI is InChI=1S/C31H41N3O4S/c1-9-22(4)34(29(36)26(19-20-39-8)33-30(37)38-31(5,6)7)27(24-17-15-23(10-2)16-18-24)28(35)32-25-14-12-11-13-21(25)3/h2,11-18,22,26-27H,9,19-20H2,1,3-8H3,(H,32,35)(H,33,37). The number of terminal acetylenes is 1. The van der Waals surface area contributed by atoms with Crippen LogP contribution in [0.4, 0.5) is 10.5 Å². The van der Waals surface area contributed by atoms with Crippen molar-refractivity contribution in [1.82, 2.24) is 10.2 Å². The monoisotopic (exact) mass is 551 g/mol. The first-order valence-corrected chi connectivity index (χ1v) is 14.5. The molecule has 0 radical (unpaired) electrons. The van der Waals surface area contributed by atoms with E-state index < -0.39 is 23.8 Å². The smallest absolute Gasteiger partial charge is 0.408 e. The summed E-state index contributed by atoms with van der Waals surface area (Å²) in [7, 11) is 0. The lowest BCUT2D eigenvalue weighted by molar-refractivity contribution is -0.143. The van der Waals surface area contributed by atoms with E-state index in [-0.39, 0.29) is 17.9 Å². The van der Waals surface area contributed by atoms with Crippen molar-refractivity contribution in [2.24, 2.45) is 0 Å². The summed E-state index contributed by atoms with van der Waals surface area (Å²) in [6.07, 6.45) is 7.81. The van der Waals surface area contributed by atoms with Crippen LogP contribution in [0.1, 0.15) is 70.2 Å². The Balaban J connectivity index is 2.57. The largest absolute Gasteiger partial charge is 0.444 e. The maximum atomic E-state index is 14.2. The van der Waals surface area contributed by atoms with Crippen molar-refractivity contribution in [2.45, 2.75) is 78.1 Å². The molecule has 0 aromatic heterocycles. The summed E-state index contributed by atoms with van der Waals surface area (Å²) in [5.74, 6) is 2.52. The third-order valence-corrected chi connectivity index (χ3v) is 6.89. The van der Waals surface area contributed by atoms with Crippen molar-refractivity contribution < 1.29 is 19.1 Å². The summed E-state index contributed by atoms with van der Waals surface area (Å²) < 4.78 is 5.45. The summed E-state index contributed by atoms with van der Waals surface area (Å²) in [5.41, 5.74) is 2.13. The van der Waals surface area contributed by atoms with Crippen LogP contribution in [-0.4, -0.2) is 52.5 Å². The van der Waals surface area contributed by atoms with Crippen LogP contribution >= 0.6 is 11.8 Å². The fraction of sp³-hybridized carbons (Fsp3) is 0.452. The van der Waals surface area contributed by atoms with Crippen molar-refractivity contribution in [2.75, 3.05) is 17.3 Å². The van der Waals surface area contributed by atoms with E-state index in [9.17, 15) is 14.4 Å². The number of hydrogen-bond donors (Lipinski definition) is 2. The van der Waals surface area contributed by atoms with Gasteiger partial charge in [-0.05, 0) is 88.8 Å². The lowest BCUT2D eigenvalue weighted by Crippen LogP contribution is -2.55. The molecular weight excluding hydrogens is 510 g/mol. The van der Waals surface area contributed by atoms with Crippen LogP contribution in [0.2, 0.25) is 0 Å². The van der Waals surface area contributed by atoms with E-state index in [1.54, 1.807) is 61.7 Å². The number of carbonyl (C=O) groups excluding carboxylic acids is 3. The predicted molar refractivity (Wildman–Crippen MR) is 160 cm³/mol. The minimum atomic E-state index is -0.962. The van der Waals surface area contributed by atoms with Crippen molar-refractivity contribution in [3.63, 3.8) is 0 Å². The maximum absolute atomic E-state index is 14.2. The number of anilines is 1. The van der Waals surface area contributed by atoms with Crippen LogP contribution in [0.25, 0.3) is 0 Å². The SMILES string of the molecule is C#Cc1ccc(C(C(=O)Nc2ccccc2C)N(C(=O)C(CCSC)NC(=O)OC(C)(C)C)C(C)CC)cc1. The average molecular weight is 552 g/mol. The number of rotatable bonds is 11. The summed E-state index contributed by atoms with van der Waals surface area (Å²) in [4.78, 5) is 42.5. The summed E-state index contributed by atoms with van der Waals surface area (Å²) >= 11 is 1.57. The van der Waals surface area contributed by atoms with Crippen molar-refractivity contribution >= 4 is 35.4 Å². The number of nitrogens with zero attached hydrogens (tertiary/aromatic N) is 1. The Morgan fingerprint density at radius 3 is 2.28 bits per heavy atom. The predicted octanol–water partition coefficient (Wildman–Crippen LogP) is 5.93. The molecule has 2 rings (SSSR count). The molecule has 3 amide bonds. The van der Waals surface area contributed by atoms with Crippen LogP contribution in [0.3, 0.4) is 0 Å². The van der Waals surface area contributed by atoms with E-state index in [0.717, 1.165) is 5.56 Å². The minimum absolute atomic E-state index is 0.311. The summed E-state index contributed by atoms with van der Waals surface area (Å²) in [5, 5.41) is 5.78. The van der Waals surface area contributed by atoms with E-state index in [1.807, 2.05) is 51.3 Å². The molecule has 0 fully saturated rings. The van der Waals surface area contributed by atoms with Crippen LogP contribution < -0.4 is 10.6 Å². The molecule has 8 heteroatoms. The van der Waals surface area contributed by atoms with Gasteiger partial charge in [0.05, 0.1) is 0 Å². The van der Waals surface area contributed by atoms with Gasteiger partial charge >= 0.3 is 6.09 Å². The second-order valence-corrected chi connectivity index (χ2v) is 11.4. The molecule has 0 aliphatic rings. The van der Waals surface area contributed by atoms with Gasteiger partial charge in [0, 0.05) is 17.3 Å². The van der Waals surface area contributed by atoms with Gasteiger partial charge in [-0.15, -0.1) is 6.42 Å². The molecular formula is C31H41N3O4S. The molecule has 2 N–H and O–H groups in total. The van der Waals surface area contributed by atoms with Crippen LogP contribution in [0.5, 0.6) is 0 Å². The van der Waals surface area contributed by atoms with E-state index in [1.165, 1.54) is 0 Å². The van der Waals surface area contributed by atoms with E-state index in [0.29, 0.717) is 35.4 Å². The molecule has 7 nitrogen and oxygen atoms in total. The molecule has 0 heterocycles. The molecule has 0 aliphatic heterocycles. The lowest BCUT2D eigenvalue weighted by Gasteiger charge is -2.38. The molecule has 3 atom stereocenters. The number of aryl methyl sites for hydroxylation is 1. The van der Waals surface area contributed by atoms with E-state index >= 15 is 0 Å². The van der Waals surface area contributed by atoms with E-state index in [4.69, 9.17) is 11.2 Å². The maximum Gasteiger partial charge on any atom is 0.408 e. The number of nitrogens with one attached hydrogen (secondary N) is 2. The van der Waals surface area contributed by atoms with E-state index in [2.05, 4.69) is 16.6 Å². The molecule has 3 unspecified atom stereocenters. The topological polar surface area (TPSA) is 87.7 Å². The zero-order valence-electron chi connectivity index (χ0n) is 24.0. The molecule has 2 aromatic rings. The first-order valence-electron chi connectivity index (χ1n) is 13.2. The highest BCUT2D eigenvalue weighted by atomic mass is 32.2. The van der Waals surface area contributed by atoms with Gasteiger partial charge in [-0.3, -0.25) is 9.59 Å². The molecule has 0 spiro atoms. The van der Waals surface area contributed by atoms with Gasteiger partial charge in [0.2, 0.25) is 5.91 Å². The van der Waals surface area contributed by atoms with Gasteiger partial charge in [0.25, 0.3) is 5.91 Å². The van der Waals surface area contributed by atoms with Gasteiger partial charge < -0.3 is 20.3 Å². The Morgan fingerprint density at radius 1 is 1.10 bits per heavy atom. The molecule has 0 aliphatic carbocycles. The second-order valence-electron chi connectivity index (χ2n) is 10.5. The van der Waals surface area contributed by atoms with Gasteiger partial charge in [0.1, 0.15) is 17.7 Å². The highest BCUT2D eigenvalue weighted by molar-refractivity contribution is 7.98.